The van der Waals surface area contributed by atoms with Crippen molar-refractivity contribution in [3.8, 4) is 0 Å². The lowest BCUT2D eigenvalue weighted by atomic mass is 9.63. The molecular weight excluding hydrogens is 256 g/mol. The molecule has 6 aliphatic carbocycles. The summed E-state index contributed by atoms with van der Waals surface area (Å²) in [6.07, 6.45) is 2.71. The Bertz CT molecular complexity index is 471. The molecule has 8 bridgehead atoms. The molecular formula is C16H20O4. The van der Waals surface area contributed by atoms with E-state index >= 15 is 0 Å². The van der Waals surface area contributed by atoms with Gasteiger partial charge in [0, 0.05) is 0 Å². The van der Waals surface area contributed by atoms with Crippen LogP contribution in [0, 0.1) is 59.2 Å². The third-order valence-corrected chi connectivity index (χ3v) is 7.64. The Morgan fingerprint density at radius 3 is 1.55 bits per heavy atom. The summed E-state index contributed by atoms with van der Waals surface area (Å²) in [5.41, 5.74) is 0. The van der Waals surface area contributed by atoms with Crippen LogP contribution in [0.25, 0.3) is 0 Å². The molecule has 108 valence electrons. The maximum Gasteiger partial charge on any atom is 0.309 e. The minimum absolute atomic E-state index is 0.181. The number of ether oxygens (including phenoxy) is 2. The molecule has 0 saturated heterocycles. The van der Waals surface area contributed by atoms with Crippen LogP contribution < -0.4 is 0 Å². The van der Waals surface area contributed by atoms with Crippen molar-refractivity contribution in [2.75, 3.05) is 14.2 Å². The van der Waals surface area contributed by atoms with Crippen molar-refractivity contribution in [2.24, 2.45) is 59.2 Å². The van der Waals surface area contributed by atoms with Crippen LogP contribution in [-0.4, -0.2) is 26.2 Å². The molecule has 6 saturated carbocycles. The fraction of sp³-hybridized carbons (Fsp3) is 0.875. The Hall–Kier alpha value is -1.06. The van der Waals surface area contributed by atoms with Crippen molar-refractivity contribution in [1.82, 2.24) is 0 Å². The summed E-state index contributed by atoms with van der Waals surface area (Å²) >= 11 is 0. The first kappa shape index (κ1) is 11.6. The normalized spacial score (nSPS) is 59.5. The lowest BCUT2D eigenvalue weighted by molar-refractivity contribution is -0.163. The van der Waals surface area contributed by atoms with Gasteiger partial charge in [-0.3, -0.25) is 9.59 Å². The van der Waals surface area contributed by atoms with E-state index in [1.54, 1.807) is 0 Å². The van der Waals surface area contributed by atoms with Gasteiger partial charge in [0.05, 0.1) is 26.1 Å². The van der Waals surface area contributed by atoms with Crippen molar-refractivity contribution in [3.63, 3.8) is 0 Å². The zero-order chi connectivity index (χ0) is 13.8. The maximum absolute atomic E-state index is 12.3. The zero-order valence-electron chi connectivity index (χ0n) is 11.8. The lowest BCUT2D eigenvalue weighted by Gasteiger charge is -2.40. The van der Waals surface area contributed by atoms with Crippen molar-refractivity contribution < 1.29 is 19.1 Å². The molecule has 0 N–H and O–H groups in total. The van der Waals surface area contributed by atoms with E-state index in [4.69, 9.17) is 9.47 Å². The lowest BCUT2D eigenvalue weighted by Crippen LogP contribution is -2.45. The molecule has 6 aliphatic rings. The van der Waals surface area contributed by atoms with Crippen LogP contribution >= 0.6 is 0 Å². The quantitative estimate of drug-likeness (QED) is 0.714. The SMILES string of the molecule is COC(=O)[C@H]1[C@H](C(=O)OC)[C@@H]2C3C4[C@@H]5CC[C@@H]4[C@@H]([C@H]31)[C@@H]25. The van der Waals surface area contributed by atoms with Crippen LogP contribution in [-0.2, 0) is 19.1 Å². The number of esters is 2. The van der Waals surface area contributed by atoms with Gasteiger partial charge in [0.1, 0.15) is 0 Å². The second-order valence-corrected chi connectivity index (χ2v) is 7.47. The van der Waals surface area contributed by atoms with Crippen molar-refractivity contribution in [2.45, 2.75) is 12.8 Å². The molecule has 0 amide bonds. The Morgan fingerprint density at radius 2 is 1.15 bits per heavy atom. The van der Waals surface area contributed by atoms with Gasteiger partial charge < -0.3 is 9.47 Å². The number of carbonyl (C=O) groups excluding carboxylic acids is 2. The van der Waals surface area contributed by atoms with Gasteiger partial charge >= 0.3 is 11.9 Å². The molecule has 6 rings (SSSR count). The van der Waals surface area contributed by atoms with Crippen LogP contribution in [0.5, 0.6) is 0 Å². The van der Waals surface area contributed by atoms with Gasteiger partial charge in [0.15, 0.2) is 0 Å². The average Bonchev–Trinajstić information content (AvgIpc) is 3.23. The fourth-order valence-corrected chi connectivity index (χ4v) is 7.81. The second kappa shape index (κ2) is 3.40. The van der Waals surface area contributed by atoms with Gasteiger partial charge in [0.25, 0.3) is 0 Å². The van der Waals surface area contributed by atoms with Gasteiger partial charge in [-0.05, 0) is 60.2 Å². The highest BCUT2D eigenvalue weighted by atomic mass is 16.5. The van der Waals surface area contributed by atoms with Gasteiger partial charge in [-0.1, -0.05) is 0 Å². The molecule has 0 aromatic carbocycles. The highest BCUT2D eigenvalue weighted by Crippen LogP contribution is 2.84. The highest BCUT2D eigenvalue weighted by molar-refractivity contribution is 5.84. The van der Waals surface area contributed by atoms with Crippen LogP contribution in [0.3, 0.4) is 0 Å². The third-order valence-electron chi connectivity index (χ3n) is 7.64. The Morgan fingerprint density at radius 1 is 0.700 bits per heavy atom. The topological polar surface area (TPSA) is 52.6 Å². The average molecular weight is 276 g/mol. The third kappa shape index (κ3) is 0.932. The summed E-state index contributed by atoms with van der Waals surface area (Å²) in [4.78, 5) is 24.5. The predicted octanol–water partition coefficient (Wildman–Crippen LogP) is 1.34. The van der Waals surface area contributed by atoms with Crippen LogP contribution in [0.15, 0.2) is 0 Å². The molecule has 2 unspecified atom stereocenters. The van der Waals surface area contributed by atoms with E-state index in [0.717, 1.165) is 17.8 Å². The first-order chi connectivity index (χ1) is 9.70. The van der Waals surface area contributed by atoms with E-state index < -0.39 is 0 Å². The second-order valence-electron chi connectivity index (χ2n) is 7.47. The minimum Gasteiger partial charge on any atom is -0.469 e. The van der Waals surface area contributed by atoms with E-state index in [1.807, 2.05) is 0 Å². The number of carbonyl (C=O) groups is 2. The monoisotopic (exact) mass is 276 g/mol. The van der Waals surface area contributed by atoms with Crippen LogP contribution in [0.2, 0.25) is 0 Å². The Balaban J connectivity index is 1.59. The molecule has 0 aromatic heterocycles. The summed E-state index contributed by atoms with van der Waals surface area (Å²) in [7, 11) is 2.88. The summed E-state index contributed by atoms with van der Waals surface area (Å²) in [6, 6.07) is 0. The Labute approximate surface area is 118 Å². The molecule has 6 fully saturated rings. The molecule has 10 atom stereocenters. The number of hydrogen-bond acceptors (Lipinski definition) is 4. The summed E-state index contributed by atoms with van der Waals surface area (Å²) in [6.45, 7) is 0. The smallest absolute Gasteiger partial charge is 0.309 e. The Kier molecular flexibility index (Phi) is 1.97. The molecule has 0 heterocycles. The van der Waals surface area contributed by atoms with E-state index in [-0.39, 0.29) is 23.8 Å². The van der Waals surface area contributed by atoms with Crippen molar-refractivity contribution >= 4 is 11.9 Å². The van der Waals surface area contributed by atoms with Gasteiger partial charge in [-0.2, -0.15) is 0 Å². The first-order valence-electron chi connectivity index (χ1n) is 7.86. The summed E-state index contributed by atoms with van der Waals surface area (Å²) < 4.78 is 10.0. The van der Waals surface area contributed by atoms with E-state index in [2.05, 4.69) is 0 Å². The highest BCUT2D eigenvalue weighted by Gasteiger charge is 2.83. The van der Waals surface area contributed by atoms with Crippen molar-refractivity contribution in [1.29, 1.82) is 0 Å². The molecule has 0 aliphatic heterocycles. The zero-order valence-corrected chi connectivity index (χ0v) is 11.8. The molecule has 4 heteroatoms. The summed E-state index contributed by atoms with van der Waals surface area (Å²) in [5.74, 6) is 4.53. The van der Waals surface area contributed by atoms with E-state index in [0.29, 0.717) is 29.6 Å². The maximum atomic E-state index is 12.3. The first-order valence-corrected chi connectivity index (χ1v) is 7.86. The summed E-state index contributed by atoms with van der Waals surface area (Å²) in [5, 5.41) is 0. The number of methoxy groups -OCH3 is 2. The largest absolute Gasteiger partial charge is 0.469 e. The van der Waals surface area contributed by atoms with Crippen molar-refractivity contribution in [3.05, 3.63) is 0 Å². The standard InChI is InChI=1S/C16H20O4/c1-19-15(17)13-11-8-5-3-4-6-7(5)10(11)12(9(6)8)14(13)16(18)20-2/h5-14H,3-4H2,1-2H3/t5-,6-,7?,8-,9+,10?,11-,12+,13+,14+/m0/s1. The van der Waals surface area contributed by atoms with Crippen LogP contribution in [0.4, 0.5) is 0 Å². The molecule has 0 spiro atoms. The number of hydrogen-bond donors (Lipinski definition) is 0. The van der Waals surface area contributed by atoms with Crippen LogP contribution in [0.1, 0.15) is 12.8 Å². The molecule has 4 nitrogen and oxygen atoms in total. The van der Waals surface area contributed by atoms with E-state index in [9.17, 15) is 9.59 Å². The molecule has 20 heavy (non-hydrogen) atoms. The molecule has 0 radical (unpaired) electrons. The predicted molar refractivity (Wildman–Crippen MR) is 68.2 cm³/mol. The molecule has 0 aromatic rings. The van der Waals surface area contributed by atoms with Gasteiger partial charge in [-0.15, -0.1) is 0 Å². The van der Waals surface area contributed by atoms with Gasteiger partial charge in [0.2, 0.25) is 0 Å². The van der Waals surface area contributed by atoms with Gasteiger partial charge in [-0.25, -0.2) is 0 Å². The van der Waals surface area contributed by atoms with E-state index in [1.165, 1.54) is 27.1 Å². The minimum atomic E-state index is -0.227. The number of rotatable bonds is 2. The fourth-order valence-electron chi connectivity index (χ4n) is 7.81.